The molecule has 0 saturated carbocycles. The number of unbranched alkanes of at least 4 members (excludes halogenated alkanes) is 1. The number of hydrogen-bond acceptors (Lipinski definition) is 2. The van der Waals surface area contributed by atoms with Gasteiger partial charge in [0.1, 0.15) is 0 Å². The molecule has 0 aliphatic carbocycles. The minimum absolute atomic E-state index is 0.481. The molecule has 0 spiro atoms. The van der Waals surface area contributed by atoms with Crippen molar-refractivity contribution in [2.45, 2.75) is 50.0 Å². The second-order valence-electron chi connectivity index (χ2n) is 2.69. The summed E-state index contributed by atoms with van der Waals surface area (Å²) in [6.45, 7) is 4.37. The molecule has 0 aromatic heterocycles. The van der Waals surface area contributed by atoms with E-state index >= 15 is 0 Å². The smallest absolute Gasteiger partial charge is 0.0133 e. The van der Waals surface area contributed by atoms with Crippen LogP contribution in [0.5, 0.6) is 0 Å². The van der Waals surface area contributed by atoms with Crippen LogP contribution in [0, 0.1) is 0 Å². The number of thiol groups is 2. The van der Waals surface area contributed by atoms with Gasteiger partial charge in [-0.3, -0.25) is 0 Å². The summed E-state index contributed by atoms with van der Waals surface area (Å²) in [5.74, 6) is 0. The normalized spacial score (nSPS) is 16.8. The Kier molecular flexibility index (Phi) is 6.86. The lowest BCUT2D eigenvalue weighted by Crippen LogP contribution is -2.13. The SMILES string of the molecule is CCCCC(S)C(S)CC. The first-order chi connectivity index (χ1) is 4.72. The standard InChI is InChI=1S/C8H18S2/c1-3-5-6-8(10)7(9)4-2/h7-10H,3-6H2,1-2H3. The molecule has 2 atom stereocenters. The van der Waals surface area contributed by atoms with E-state index in [1.54, 1.807) is 0 Å². The van der Waals surface area contributed by atoms with E-state index < -0.39 is 0 Å². The highest BCUT2D eigenvalue weighted by Crippen LogP contribution is 2.17. The van der Waals surface area contributed by atoms with Crippen molar-refractivity contribution >= 4 is 25.3 Å². The fourth-order valence-corrected chi connectivity index (χ4v) is 1.42. The number of hydrogen-bond donors (Lipinski definition) is 2. The topological polar surface area (TPSA) is 0 Å². The quantitative estimate of drug-likeness (QED) is 0.594. The molecule has 0 N–H and O–H groups in total. The monoisotopic (exact) mass is 178 g/mol. The largest absolute Gasteiger partial charge is 0.175 e. The summed E-state index contributed by atoms with van der Waals surface area (Å²) < 4.78 is 0. The van der Waals surface area contributed by atoms with Crippen molar-refractivity contribution in [3.63, 3.8) is 0 Å². The highest BCUT2D eigenvalue weighted by atomic mass is 32.1. The van der Waals surface area contributed by atoms with E-state index in [9.17, 15) is 0 Å². The minimum atomic E-state index is 0.481. The Morgan fingerprint density at radius 2 is 1.70 bits per heavy atom. The van der Waals surface area contributed by atoms with Gasteiger partial charge in [-0.2, -0.15) is 25.3 Å². The second-order valence-corrected chi connectivity index (χ2v) is 4.01. The Balaban J connectivity index is 3.31. The molecule has 0 aromatic rings. The van der Waals surface area contributed by atoms with Gasteiger partial charge in [0, 0.05) is 10.5 Å². The van der Waals surface area contributed by atoms with Crippen molar-refractivity contribution < 1.29 is 0 Å². The summed E-state index contributed by atoms with van der Waals surface area (Å²) in [6, 6.07) is 0. The summed E-state index contributed by atoms with van der Waals surface area (Å²) in [6.07, 6.45) is 4.88. The molecule has 0 radical (unpaired) electrons. The van der Waals surface area contributed by atoms with Crippen molar-refractivity contribution in [3.8, 4) is 0 Å². The van der Waals surface area contributed by atoms with Crippen LogP contribution in [-0.2, 0) is 0 Å². The predicted molar refractivity (Wildman–Crippen MR) is 55.4 cm³/mol. The molecular weight excluding hydrogens is 160 g/mol. The fraction of sp³-hybridized carbons (Fsp3) is 1.00. The zero-order valence-corrected chi connectivity index (χ0v) is 8.67. The van der Waals surface area contributed by atoms with E-state index in [2.05, 4.69) is 39.1 Å². The third kappa shape index (κ3) is 4.51. The molecule has 10 heavy (non-hydrogen) atoms. The van der Waals surface area contributed by atoms with E-state index in [0.29, 0.717) is 10.5 Å². The van der Waals surface area contributed by atoms with Crippen molar-refractivity contribution in [1.29, 1.82) is 0 Å². The van der Waals surface area contributed by atoms with E-state index in [4.69, 9.17) is 0 Å². The molecule has 0 nitrogen and oxygen atoms in total. The molecule has 2 heteroatoms. The minimum Gasteiger partial charge on any atom is -0.175 e. The van der Waals surface area contributed by atoms with Gasteiger partial charge in [-0.25, -0.2) is 0 Å². The molecule has 62 valence electrons. The second kappa shape index (κ2) is 6.41. The summed E-state index contributed by atoms with van der Waals surface area (Å²) >= 11 is 8.88. The Bertz CT molecular complexity index is 73.7. The first-order valence-corrected chi connectivity index (χ1v) is 5.11. The molecule has 0 fully saturated rings. The van der Waals surface area contributed by atoms with Gasteiger partial charge in [-0.05, 0) is 12.8 Å². The van der Waals surface area contributed by atoms with E-state index in [-0.39, 0.29) is 0 Å². The van der Waals surface area contributed by atoms with Gasteiger partial charge in [0.25, 0.3) is 0 Å². The van der Waals surface area contributed by atoms with E-state index in [0.717, 1.165) is 6.42 Å². The molecule has 0 saturated heterocycles. The lowest BCUT2D eigenvalue weighted by atomic mass is 10.1. The van der Waals surface area contributed by atoms with Crippen LogP contribution in [0.4, 0.5) is 0 Å². The first-order valence-electron chi connectivity index (χ1n) is 4.08. The zero-order chi connectivity index (χ0) is 7.98. The molecular formula is C8H18S2. The summed E-state index contributed by atoms with van der Waals surface area (Å²) in [7, 11) is 0. The van der Waals surface area contributed by atoms with Gasteiger partial charge >= 0.3 is 0 Å². The molecule has 0 heterocycles. The Morgan fingerprint density at radius 3 is 2.10 bits per heavy atom. The lowest BCUT2D eigenvalue weighted by molar-refractivity contribution is 0.655. The summed E-state index contributed by atoms with van der Waals surface area (Å²) in [4.78, 5) is 0. The maximum atomic E-state index is 4.46. The van der Waals surface area contributed by atoms with Crippen LogP contribution in [-0.4, -0.2) is 10.5 Å². The van der Waals surface area contributed by atoms with Crippen molar-refractivity contribution in [1.82, 2.24) is 0 Å². The van der Waals surface area contributed by atoms with Crippen LogP contribution >= 0.6 is 25.3 Å². The maximum absolute atomic E-state index is 4.46. The Hall–Kier alpha value is 0.700. The predicted octanol–water partition coefficient (Wildman–Crippen LogP) is 3.18. The number of rotatable bonds is 5. The fourth-order valence-electron chi connectivity index (χ4n) is 0.878. The van der Waals surface area contributed by atoms with Crippen molar-refractivity contribution in [2.75, 3.05) is 0 Å². The highest BCUT2D eigenvalue weighted by molar-refractivity contribution is 7.85. The first kappa shape index (κ1) is 10.7. The molecule has 0 rings (SSSR count). The zero-order valence-electron chi connectivity index (χ0n) is 6.88. The van der Waals surface area contributed by atoms with Crippen LogP contribution in [0.15, 0.2) is 0 Å². The molecule has 2 unspecified atom stereocenters. The highest BCUT2D eigenvalue weighted by Gasteiger charge is 2.10. The molecule has 0 bridgehead atoms. The van der Waals surface area contributed by atoms with Gasteiger partial charge in [0.05, 0.1) is 0 Å². The third-order valence-electron chi connectivity index (χ3n) is 1.72. The Morgan fingerprint density at radius 1 is 1.10 bits per heavy atom. The van der Waals surface area contributed by atoms with E-state index in [1.165, 1.54) is 19.3 Å². The Labute approximate surface area is 75.6 Å². The van der Waals surface area contributed by atoms with Gasteiger partial charge in [-0.1, -0.05) is 26.7 Å². The third-order valence-corrected chi connectivity index (χ3v) is 3.29. The van der Waals surface area contributed by atoms with Gasteiger partial charge < -0.3 is 0 Å². The summed E-state index contributed by atoms with van der Waals surface area (Å²) in [5, 5.41) is 0.975. The van der Waals surface area contributed by atoms with Crippen LogP contribution in [0.1, 0.15) is 39.5 Å². The average molecular weight is 178 g/mol. The van der Waals surface area contributed by atoms with E-state index in [1.807, 2.05) is 0 Å². The van der Waals surface area contributed by atoms with Crippen LogP contribution in [0.2, 0.25) is 0 Å². The maximum Gasteiger partial charge on any atom is 0.0133 e. The van der Waals surface area contributed by atoms with Crippen molar-refractivity contribution in [3.05, 3.63) is 0 Å². The van der Waals surface area contributed by atoms with Crippen LogP contribution < -0.4 is 0 Å². The molecule has 0 aliphatic heterocycles. The van der Waals surface area contributed by atoms with Gasteiger partial charge in [-0.15, -0.1) is 0 Å². The molecule has 0 aliphatic rings. The van der Waals surface area contributed by atoms with Crippen molar-refractivity contribution in [2.24, 2.45) is 0 Å². The summed E-state index contributed by atoms with van der Waals surface area (Å²) in [5.41, 5.74) is 0. The molecule has 0 amide bonds. The van der Waals surface area contributed by atoms with Crippen LogP contribution in [0.3, 0.4) is 0 Å². The van der Waals surface area contributed by atoms with Gasteiger partial charge in [0.2, 0.25) is 0 Å². The van der Waals surface area contributed by atoms with Gasteiger partial charge in [0.15, 0.2) is 0 Å². The molecule has 0 aromatic carbocycles. The lowest BCUT2D eigenvalue weighted by Gasteiger charge is -2.15. The average Bonchev–Trinajstić information content (AvgIpc) is 1.98. The van der Waals surface area contributed by atoms with Crippen LogP contribution in [0.25, 0.3) is 0 Å².